The van der Waals surface area contributed by atoms with Crippen molar-refractivity contribution < 1.29 is 4.74 Å². The maximum absolute atomic E-state index is 5.83. The molecular formula is C14H21N3OS. The summed E-state index contributed by atoms with van der Waals surface area (Å²) in [5, 5.41) is 0. The van der Waals surface area contributed by atoms with Crippen molar-refractivity contribution >= 4 is 22.9 Å². The highest BCUT2D eigenvalue weighted by Gasteiger charge is 2.23. The molecule has 0 saturated carbocycles. The lowest BCUT2D eigenvalue weighted by atomic mass is 10.1. The zero-order valence-corrected chi connectivity index (χ0v) is 12.5. The highest BCUT2D eigenvalue weighted by Crippen LogP contribution is 2.28. The molecule has 0 aliphatic carbocycles. The number of piperazine rings is 1. The van der Waals surface area contributed by atoms with Gasteiger partial charge in [-0.05, 0) is 26.1 Å². The number of benzene rings is 1. The van der Waals surface area contributed by atoms with Gasteiger partial charge in [0.1, 0.15) is 10.7 Å². The molecule has 1 aromatic carbocycles. The first-order chi connectivity index (χ1) is 9.02. The number of hydrogen-bond acceptors (Lipinski definition) is 4. The summed E-state index contributed by atoms with van der Waals surface area (Å²) >= 11 is 5.15. The van der Waals surface area contributed by atoms with E-state index in [4.69, 9.17) is 22.7 Å². The number of anilines is 1. The summed E-state index contributed by atoms with van der Waals surface area (Å²) in [5.41, 5.74) is 7.83. The number of hydrogen-bond donors (Lipinski definition) is 1. The molecule has 2 N–H and O–H groups in total. The molecule has 1 atom stereocenters. The first-order valence-corrected chi connectivity index (χ1v) is 6.86. The lowest BCUT2D eigenvalue weighted by molar-refractivity contribution is 0.234. The first-order valence-electron chi connectivity index (χ1n) is 6.46. The zero-order valence-electron chi connectivity index (χ0n) is 11.7. The molecule has 104 valence electrons. The Morgan fingerprint density at radius 1 is 1.42 bits per heavy atom. The predicted molar refractivity (Wildman–Crippen MR) is 83.2 cm³/mol. The molecule has 1 fully saturated rings. The van der Waals surface area contributed by atoms with E-state index in [0.717, 1.165) is 36.6 Å². The fourth-order valence-electron chi connectivity index (χ4n) is 2.38. The van der Waals surface area contributed by atoms with Crippen molar-refractivity contribution in [3.63, 3.8) is 0 Å². The van der Waals surface area contributed by atoms with Crippen molar-refractivity contribution in [2.75, 3.05) is 38.7 Å². The van der Waals surface area contributed by atoms with E-state index in [1.807, 2.05) is 18.2 Å². The molecular weight excluding hydrogens is 258 g/mol. The molecule has 5 heteroatoms. The van der Waals surface area contributed by atoms with Crippen LogP contribution in [0.5, 0.6) is 5.75 Å². The SMILES string of the molecule is COc1ccc(C(N)=S)c(N2CCN(C)C(C)C2)c1. The fourth-order valence-corrected chi connectivity index (χ4v) is 2.55. The average molecular weight is 279 g/mol. The van der Waals surface area contributed by atoms with Crippen molar-refractivity contribution in [3.05, 3.63) is 23.8 Å². The highest BCUT2D eigenvalue weighted by atomic mass is 32.1. The normalized spacial score (nSPS) is 20.4. The first kappa shape index (κ1) is 14.1. The Hall–Kier alpha value is -1.33. The van der Waals surface area contributed by atoms with Crippen molar-refractivity contribution in [2.45, 2.75) is 13.0 Å². The minimum Gasteiger partial charge on any atom is -0.497 e. The maximum Gasteiger partial charge on any atom is 0.120 e. The summed E-state index contributed by atoms with van der Waals surface area (Å²) in [6.07, 6.45) is 0. The summed E-state index contributed by atoms with van der Waals surface area (Å²) in [4.78, 5) is 5.13. The Morgan fingerprint density at radius 3 is 2.74 bits per heavy atom. The third-order valence-electron chi connectivity index (χ3n) is 3.77. The number of thiocarbonyl (C=S) groups is 1. The molecule has 1 aliphatic rings. The van der Waals surface area contributed by atoms with Gasteiger partial charge in [-0.2, -0.15) is 0 Å². The van der Waals surface area contributed by atoms with E-state index in [2.05, 4.69) is 23.8 Å². The second-order valence-electron chi connectivity index (χ2n) is 5.02. The molecule has 1 saturated heterocycles. The Labute approximate surface area is 120 Å². The smallest absolute Gasteiger partial charge is 0.120 e. The molecule has 0 spiro atoms. The van der Waals surface area contributed by atoms with Gasteiger partial charge in [-0.15, -0.1) is 0 Å². The van der Waals surface area contributed by atoms with E-state index in [-0.39, 0.29) is 0 Å². The van der Waals surface area contributed by atoms with Gasteiger partial charge in [0.15, 0.2) is 0 Å². The van der Waals surface area contributed by atoms with Gasteiger partial charge in [0, 0.05) is 37.3 Å². The van der Waals surface area contributed by atoms with Crippen LogP contribution in [0.15, 0.2) is 18.2 Å². The Balaban J connectivity index is 2.34. The van der Waals surface area contributed by atoms with Crippen molar-refractivity contribution in [1.82, 2.24) is 4.90 Å². The maximum atomic E-state index is 5.83. The van der Waals surface area contributed by atoms with Gasteiger partial charge in [-0.1, -0.05) is 12.2 Å². The standard InChI is InChI=1S/C14H21N3OS/c1-10-9-17(7-6-16(10)2)13-8-11(18-3)4-5-12(13)14(15)19/h4-5,8,10H,6-7,9H2,1-3H3,(H2,15,19). The quantitative estimate of drug-likeness (QED) is 0.849. The number of nitrogens with two attached hydrogens (primary N) is 1. The van der Waals surface area contributed by atoms with Crippen molar-refractivity contribution in [3.8, 4) is 5.75 Å². The van der Waals surface area contributed by atoms with Gasteiger partial charge < -0.3 is 20.3 Å². The van der Waals surface area contributed by atoms with Crippen LogP contribution >= 0.6 is 12.2 Å². The van der Waals surface area contributed by atoms with E-state index in [9.17, 15) is 0 Å². The minimum absolute atomic E-state index is 0.434. The summed E-state index contributed by atoms with van der Waals surface area (Å²) in [6, 6.07) is 6.38. The molecule has 1 unspecified atom stereocenters. The minimum atomic E-state index is 0.434. The zero-order chi connectivity index (χ0) is 14.0. The summed E-state index contributed by atoms with van der Waals surface area (Å²) < 4.78 is 5.31. The van der Waals surface area contributed by atoms with Gasteiger partial charge in [0.25, 0.3) is 0 Å². The van der Waals surface area contributed by atoms with Crippen LogP contribution < -0.4 is 15.4 Å². The van der Waals surface area contributed by atoms with E-state index < -0.39 is 0 Å². The Kier molecular flexibility index (Phi) is 4.27. The van der Waals surface area contributed by atoms with Crippen LogP contribution in [0, 0.1) is 0 Å². The van der Waals surface area contributed by atoms with Gasteiger partial charge in [0.2, 0.25) is 0 Å². The highest BCUT2D eigenvalue weighted by molar-refractivity contribution is 7.80. The molecule has 0 radical (unpaired) electrons. The lowest BCUT2D eigenvalue weighted by Gasteiger charge is -2.39. The van der Waals surface area contributed by atoms with Crippen LogP contribution in [0.2, 0.25) is 0 Å². The number of methoxy groups -OCH3 is 1. The summed E-state index contributed by atoms with van der Waals surface area (Å²) in [6.45, 7) is 5.21. The molecule has 1 aliphatic heterocycles. The molecule has 4 nitrogen and oxygen atoms in total. The van der Waals surface area contributed by atoms with Crippen molar-refractivity contribution in [1.29, 1.82) is 0 Å². The Bertz CT molecular complexity index is 478. The second kappa shape index (κ2) is 5.75. The molecule has 19 heavy (non-hydrogen) atoms. The fraction of sp³-hybridized carbons (Fsp3) is 0.500. The molecule has 2 rings (SSSR count). The van der Waals surface area contributed by atoms with E-state index in [0.29, 0.717) is 11.0 Å². The predicted octanol–water partition coefficient (Wildman–Crippen LogP) is 1.47. The molecule has 1 heterocycles. The van der Waals surface area contributed by atoms with Crippen LogP contribution in [0.1, 0.15) is 12.5 Å². The van der Waals surface area contributed by atoms with Crippen LogP contribution in [-0.4, -0.2) is 49.7 Å². The third kappa shape index (κ3) is 2.98. The molecule has 0 aromatic heterocycles. The average Bonchev–Trinajstić information content (AvgIpc) is 2.41. The van der Waals surface area contributed by atoms with Gasteiger partial charge in [-0.3, -0.25) is 0 Å². The topological polar surface area (TPSA) is 41.7 Å². The van der Waals surface area contributed by atoms with E-state index in [1.165, 1.54) is 0 Å². The van der Waals surface area contributed by atoms with Crippen molar-refractivity contribution in [2.24, 2.45) is 5.73 Å². The van der Waals surface area contributed by atoms with Gasteiger partial charge in [0.05, 0.1) is 12.8 Å². The number of likely N-dealkylation sites (N-methyl/N-ethyl adjacent to an activating group) is 1. The van der Waals surface area contributed by atoms with Crippen LogP contribution in [0.25, 0.3) is 0 Å². The molecule has 0 bridgehead atoms. The summed E-state index contributed by atoms with van der Waals surface area (Å²) in [5.74, 6) is 0.835. The second-order valence-corrected chi connectivity index (χ2v) is 5.46. The number of ether oxygens (including phenoxy) is 1. The Morgan fingerprint density at radius 2 is 2.16 bits per heavy atom. The monoisotopic (exact) mass is 279 g/mol. The molecule has 0 amide bonds. The van der Waals surface area contributed by atoms with Crippen LogP contribution in [-0.2, 0) is 0 Å². The third-order valence-corrected chi connectivity index (χ3v) is 3.99. The van der Waals surface area contributed by atoms with Crippen LogP contribution in [0.3, 0.4) is 0 Å². The summed E-state index contributed by atoms with van der Waals surface area (Å²) in [7, 11) is 3.83. The van der Waals surface area contributed by atoms with Gasteiger partial charge in [-0.25, -0.2) is 0 Å². The lowest BCUT2D eigenvalue weighted by Crippen LogP contribution is -2.50. The molecule has 1 aromatic rings. The van der Waals surface area contributed by atoms with E-state index >= 15 is 0 Å². The van der Waals surface area contributed by atoms with Crippen LogP contribution in [0.4, 0.5) is 5.69 Å². The van der Waals surface area contributed by atoms with Gasteiger partial charge >= 0.3 is 0 Å². The largest absolute Gasteiger partial charge is 0.497 e. The van der Waals surface area contributed by atoms with E-state index in [1.54, 1.807) is 7.11 Å². The number of rotatable bonds is 3. The number of nitrogens with zero attached hydrogens (tertiary/aromatic N) is 2.